The minimum absolute atomic E-state index is 0.198. The van der Waals surface area contributed by atoms with Gasteiger partial charge in [-0.2, -0.15) is 0 Å². The van der Waals surface area contributed by atoms with E-state index in [1.807, 2.05) is 67.6 Å². The van der Waals surface area contributed by atoms with Crippen LogP contribution in [-0.2, 0) is 10.3 Å². The first kappa shape index (κ1) is 25.5. The van der Waals surface area contributed by atoms with Gasteiger partial charge in [0.05, 0.1) is 11.5 Å². The fraction of sp³-hybridized carbons (Fsp3) is 0.156. The molecule has 5 nitrogen and oxygen atoms in total. The number of nitrogens with one attached hydrogen (secondary N) is 1. The van der Waals surface area contributed by atoms with E-state index in [1.54, 1.807) is 47.4 Å². The number of likely N-dealkylation sites (tertiary alicyclic amines) is 1. The second kappa shape index (κ2) is 9.78. The lowest BCUT2D eigenvalue weighted by Gasteiger charge is -2.38. The number of amides is 2. The number of rotatable bonds is 4. The molecule has 0 aromatic heterocycles. The lowest BCUT2D eigenvalue weighted by molar-refractivity contribution is -0.126. The number of ketones is 1. The first-order valence-electron chi connectivity index (χ1n) is 12.7. The van der Waals surface area contributed by atoms with Crippen LogP contribution in [0.15, 0.2) is 108 Å². The monoisotopic (exact) mass is 598 g/mol. The predicted octanol–water partition coefficient (Wildman–Crippen LogP) is 7.08. The van der Waals surface area contributed by atoms with E-state index < -0.39 is 23.4 Å². The number of hydrogen-bond donors (Lipinski definition) is 1. The van der Waals surface area contributed by atoms with Gasteiger partial charge in [0.2, 0.25) is 0 Å². The molecule has 39 heavy (non-hydrogen) atoms. The largest absolute Gasteiger partial charge is 0.323 e. The fourth-order valence-corrected chi connectivity index (χ4v) is 6.96. The number of carbonyl (C=O) groups is 3. The third-order valence-corrected chi connectivity index (χ3v) is 8.91. The molecule has 7 heteroatoms. The normalized spacial score (nSPS) is 23.5. The SMILES string of the molecule is CC1C(c2ccc(Cl)cc2)C(C(=O)c2ccccc2)C2(C(=O)Nc3ccccc32)N1C(=O)c1ccccc1Br. The molecule has 1 N–H and O–H groups in total. The highest BCUT2D eigenvalue weighted by Gasteiger charge is 2.69. The van der Waals surface area contributed by atoms with Gasteiger partial charge < -0.3 is 10.2 Å². The van der Waals surface area contributed by atoms with Crippen LogP contribution in [0.3, 0.4) is 0 Å². The number of halogens is 2. The Morgan fingerprint density at radius 1 is 0.872 bits per heavy atom. The average Bonchev–Trinajstić information content (AvgIpc) is 3.40. The molecule has 4 atom stereocenters. The van der Waals surface area contributed by atoms with Gasteiger partial charge in [0.25, 0.3) is 11.8 Å². The van der Waals surface area contributed by atoms with Gasteiger partial charge in [0, 0.05) is 38.3 Å². The molecule has 4 aromatic rings. The van der Waals surface area contributed by atoms with Crippen LogP contribution in [0, 0.1) is 5.92 Å². The molecule has 6 rings (SSSR count). The van der Waals surface area contributed by atoms with Crippen molar-refractivity contribution in [2.24, 2.45) is 5.92 Å². The molecule has 1 saturated heterocycles. The van der Waals surface area contributed by atoms with Gasteiger partial charge in [-0.05, 0) is 58.7 Å². The minimum Gasteiger partial charge on any atom is -0.323 e. The Bertz CT molecular complexity index is 1610. The van der Waals surface area contributed by atoms with Gasteiger partial charge in [-0.3, -0.25) is 14.4 Å². The number of hydrogen-bond acceptors (Lipinski definition) is 3. The maximum absolute atomic E-state index is 14.6. The van der Waals surface area contributed by atoms with Gasteiger partial charge >= 0.3 is 0 Å². The predicted molar refractivity (Wildman–Crippen MR) is 155 cm³/mol. The van der Waals surface area contributed by atoms with Crippen LogP contribution in [0.4, 0.5) is 5.69 Å². The number of carbonyl (C=O) groups excluding carboxylic acids is 3. The topological polar surface area (TPSA) is 66.5 Å². The van der Waals surface area contributed by atoms with E-state index in [0.29, 0.717) is 31.9 Å². The van der Waals surface area contributed by atoms with Gasteiger partial charge in [-0.25, -0.2) is 0 Å². The molecule has 2 heterocycles. The van der Waals surface area contributed by atoms with Crippen molar-refractivity contribution >= 4 is 50.8 Å². The molecule has 1 fully saturated rings. The van der Waals surface area contributed by atoms with E-state index in [-0.39, 0.29) is 17.6 Å². The summed E-state index contributed by atoms with van der Waals surface area (Å²) in [6.45, 7) is 1.92. The Morgan fingerprint density at radius 2 is 1.51 bits per heavy atom. The molecule has 2 aliphatic heterocycles. The summed E-state index contributed by atoms with van der Waals surface area (Å²) in [5, 5.41) is 3.57. The molecular weight excluding hydrogens is 576 g/mol. The first-order chi connectivity index (χ1) is 18.9. The highest BCUT2D eigenvalue weighted by molar-refractivity contribution is 9.10. The molecule has 4 unspecified atom stereocenters. The highest BCUT2D eigenvalue weighted by Crippen LogP contribution is 2.59. The van der Waals surface area contributed by atoms with E-state index in [9.17, 15) is 14.4 Å². The van der Waals surface area contributed by atoms with Gasteiger partial charge in [0.1, 0.15) is 0 Å². The molecule has 194 valence electrons. The summed E-state index contributed by atoms with van der Waals surface area (Å²) < 4.78 is 0.616. The summed E-state index contributed by atoms with van der Waals surface area (Å²) in [6, 6.07) is 30.3. The van der Waals surface area contributed by atoms with Crippen LogP contribution in [0.5, 0.6) is 0 Å². The van der Waals surface area contributed by atoms with Crippen LogP contribution in [0.2, 0.25) is 5.02 Å². The third-order valence-electron chi connectivity index (χ3n) is 7.97. The Hall–Kier alpha value is -3.74. The first-order valence-corrected chi connectivity index (χ1v) is 13.9. The summed E-state index contributed by atoms with van der Waals surface area (Å²) in [4.78, 5) is 45.0. The molecule has 4 aromatic carbocycles. The molecule has 0 radical (unpaired) electrons. The van der Waals surface area contributed by atoms with Crippen LogP contribution in [0.25, 0.3) is 0 Å². The fourth-order valence-electron chi connectivity index (χ4n) is 6.38. The number of anilines is 1. The van der Waals surface area contributed by atoms with Crippen LogP contribution in [0.1, 0.15) is 44.7 Å². The van der Waals surface area contributed by atoms with E-state index in [4.69, 9.17) is 11.6 Å². The zero-order valence-corrected chi connectivity index (χ0v) is 23.3. The van der Waals surface area contributed by atoms with Crippen LogP contribution >= 0.6 is 27.5 Å². The Kier molecular flexibility index (Phi) is 6.40. The Balaban J connectivity index is 1.66. The van der Waals surface area contributed by atoms with E-state index in [1.165, 1.54) is 0 Å². The summed E-state index contributed by atoms with van der Waals surface area (Å²) in [5.74, 6) is -2.30. The van der Waals surface area contributed by atoms with Crippen molar-refractivity contribution in [1.82, 2.24) is 4.90 Å². The molecule has 2 aliphatic rings. The second-order valence-electron chi connectivity index (χ2n) is 9.95. The number of fused-ring (bicyclic) bond motifs is 2. The van der Waals surface area contributed by atoms with Crippen molar-refractivity contribution in [3.05, 3.63) is 135 Å². The van der Waals surface area contributed by atoms with Crippen LogP contribution in [-0.4, -0.2) is 28.5 Å². The summed E-state index contributed by atoms with van der Waals surface area (Å²) in [7, 11) is 0. The zero-order valence-electron chi connectivity index (χ0n) is 21.0. The van der Waals surface area contributed by atoms with Crippen molar-refractivity contribution in [3.8, 4) is 0 Å². The lowest BCUT2D eigenvalue weighted by Crippen LogP contribution is -2.56. The van der Waals surface area contributed by atoms with Crippen molar-refractivity contribution in [1.29, 1.82) is 0 Å². The Morgan fingerprint density at radius 3 is 2.23 bits per heavy atom. The summed E-state index contributed by atoms with van der Waals surface area (Å²) in [5.41, 5.74) is 1.39. The van der Waals surface area contributed by atoms with Crippen molar-refractivity contribution in [3.63, 3.8) is 0 Å². The van der Waals surface area contributed by atoms with E-state index >= 15 is 0 Å². The summed E-state index contributed by atoms with van der Waals surface area (Å²) in [6.07, 6.45) is 0. The number of benzene rings is 4. The molecule has 1 spiro atoms. The minimum atomic E-state index is -1.57. The average molecular weight is 600 g/mol. The smallest absolute Gasteiger partial charge is 0.256 e. The maximum atomic E-state index is 14.6. The summed E-state index contributed by atoms with van der Waals surface area (Å²) >= 11 is 9.76. The number of para-hydroxylation sites is 1. The lowest BCUT2D eigenvalue weighted by atomic mass is 9.69. The molecule has 0 aliphatic carbocycles. The molecular formula is C32H24BrClN2O3. The van der Waals surface area contributed by atoms with Gasteiger partial charge in [-0.1, -0.05) is 84.4 Å². The Labute approximate surface area is 239 Å². The van der Waals surface area contributed by atoms with Crippen LogP contribution < -0.4 is 5.32 Å². The second-order valence-corrected chi connectivity index (χ2v) is 11.2. The quantitative estimate of drug-likeness (QED) is 0.255. The maximum Gasteiger partial charge on any atom is 0.256 e. The number of nitrogens with zero attached hydrogens (tertiary/aromatic N) is 1. The molecule has 0 saturated carbocycles. The molecule has 0 bridgehead atoms. The van der Waals surface area contributed by atoms with Crippen molar-refractivity contribution in [2.75, 3.05) is 5.32 Å². The molecule has 2 amide bonds. The van der Waals surface area contributed by atoms with Gasteiger partial charge in [-0.15, -0.1) is 0 Å². The highest BCUT2D eigenvalue weighted by atomic mass is 79.9. The zero-order chi connectivity index (χ0) is 27.3. The van der Waals surface area contributed by atoms with Crippen molar-refractivity contribution < 1.29 is 14.4 Å². The van der Waals surface area contributed by atoms with E-state index in [0.717, 1.165) is 5.56 Å². The third kappa shape index (κ3) is 3.85. The van der Waals surface area contributed by atoms with Crippen molar-refractivity contribution in [2.45, 2.75) is 24.4 Å². The standard InChI is InChI=1S/C32H24BrClN2O3/c1-19-27(20-15-17-22(34)18-16-20)28(29(37)21-9-3-2-4-10-21)32(24-12-6-8-14-26(24)35-31(32)39)36(19)30(38)23-11-5-7-13-25(23)33/h2-19,27-28H,1H3,(H,35,39). The van der Waals surface area contributed by atoms with Gasteiger partial charge in [0.15, 0.2) is 11.3 Å². The number of Topliss-reactive ketones (excluding diaryl/α,β-unsaturated/α-hetero) is 1. The van der Waals surface area contributed by atoms with E-state index in [2.05, 4.69) is 21.2 Å².